The zero-order valence-corrected chi connectivity index (χ0v) is 20.1. The Labute approximate surface area is 203 Å². The van der Waals surface area contributed by atoms with Crippen LogP contribution in [0, 0.1) is 12.7 Å². The van der Waals surface area contributed by atoms with Crippen LogP contribution in [0.1, 0.15) is 47.6 Å². The predicted molar refractivity (Wildman–Crippen MR) is 127 cm³/mol. The van der Waals surface area contributed by atoms with Crippen LogP contribution in [0.15, 0.2) is 47.0 Å². The first kappa shape index (κ1) is 24.5. The molecule has 0 bridgehead atoms. The maximum absolute atomic E-state index is 13.8. The van der Waals surface area contributed by atoms with Gasteiger partial charge in [-0.3, -0.25) is 9.59 Å². The number of rotatable bonds is 7. The Bertz CT molecular complexity index is 1180. The van der Waals surface area contributed by atoms with Crippen molar-refractivity contribution in [3.63, 3.8) is 0 Å². The molecule has 0 saturated carbocycles. The number of halogens is 1. The fraction of sp³-hybridized carbons (Fsp3) is 0.385. The SMILES string of the molecule is Cc1ccc(-c2noc(CCC(=O)NCc3ccc(C(=O)N4CC(C)OC(C)C4)cc3)n2)cc1F. The molecule has 0 spiro atoms. The zero-order chi connectivity index (χ0) is 24.9. The molecule has 35 heavy (non-hydrogen) atoms. The number of hydrogen-bond acceptors (Lipinski definition) is 6. The summed E-state index contributed by atoms with van der Waals surface area (Å²) in [5, 5.41) is 6.73. The molecule has 3 aromatic rings. The van der Waals surface area contributed by atoms with Crippen LogP contribution >= 0.6 is 0 Å². The van der Waals surface area contributed by atoms with Gasteiger partial charge in [0.2, 0.25) is 17.6 Å². The second-order valence-electron chi connectivity index (χ2n) is 8.92. The van der Waals surface area contributed by atoms with Gasteiger partial charge in [-0.1, -0.05) is 29.4 Å². The number of carbonyl (C=O) groups excluding carboxylic acids is 2. The summed E-state index contributed by atoms with van der Waals surface area (Å²) >= 11 is 0. The van der Waals surface area contributed by atoms with Gasteiger partial charge in [0.1, 0.15) is 5.82 Å². The molecular formula is C26H29FN4O4. The quantitative estimate of drug-likeness (QED) is 0.554. The van der Waals surface area contributed by atoms with Crippen LogP contribution in [0.3, 0.4) is 0 Å². The van der Waals surface area contributed by atoms with E-state index in [-0.39, 0.29) is 48.5 Å². The van der Waals surface area contributed by atoms with E-state index >= 15 is 0 Å². The molecule has 2 atom stereocenters. The standard InChI is InChI=1S/C26H29FN4O4/c1-16-4-7-21(12-22(16)27)25-29-24(35-30-25)11-10-23(32)28-13-19-5-8-20(9-6-19)26(33)31-14-17(2)34-18(3)15-31/h4-9,12,17-18H,10-11,13-15H2,1-3H3,(H,28,32). The van der Waals surface area contributed by atoms with Crippen molar-refractivity contribution < 1.29 is 23.2 Å². The molecule has 1 aromatic heterocycles. The van der Waals surface area contributed by atoms with Crippen LogP contribution in [0.25, 0.3) is 11.4 Å². The van der Waals surface area contributed by atoms with Crippen molar-refractivity contribution in [2.24, 2.45) is 0 Å². The highest BCUT2D eigenvalue weighted by Gasteiger charge is 2.26. The number of morpholine rings is 1. The predicted octanol–water partition coefficient (Wildman–Crippen LogP) is 3.68. The third-order valence-corrected chi connectivity index (χ3v) is 5.86. The summed E-state index contributed by atoms with van der Waals surface area (Å²) in [4.78, 5) is 31.1. The molecule has 9 heteroatoms. The number of carbonyl (C=O) groups is 2. The third-order valence-electron chi connectivity index (χ3n) is 5.86. The molecule has 184 valence electrons. The summed E-state index contributed by atoms with van der Waals surface area (Å²) in [5.41, 5.74) is 2.56. The van der Waals surface area contributed by atoms with Gasteiger partial charge in [-0.25, -0.2) is 4.39 Å². The van der Waals surface area contributed by atoms with Gasteiger partial charge in [0.15, 0.2) is 0 Å². The summed E-state index contributed by atoms with van der Waals surface area (Å²) in [6, 6.07) is 12.0. The maximum atomic E-state index is 13.8. The van der Waals surface area contributed by atoms with Crippen LogP contribution in [0.5, 0.6) is 0 Å². The Hall–Kier alpha value is -3.59. The van der Waals surface area contributed by atoms with E-state index in [0.717, 1.165) is 5.56 Å². The Balaban J connectivity index is 1.24. The third kappa shape index (κ3) is 6.30. The molecule has 2 heterocycles. The van der Waals surface area contributed by atoms with Crippen LogP contribution in [-0.4, -0.2) is 52.2 Å². The van der Waals surface area contributed by atoms with E-state index in [1.807, 2.05) is 30.9 Å². The van der Waals surface area contributed by atoms with Gasteiger partial charge in [0.25, 0.3) is 5.91 Å². The van der Waals surface area contributed by atoms with E-state index < -0.39 is 0 Å². The van der Waals surface area contributed by atoms with Gasteiger partial charge >= 0.3 is 0 Å². The molecule has 2 unspecified atom stereocenters. The number of amides is 2. The Morgan fingerprint density at radius 2 is 1.83 bits per heavy atom. The van der Waals surface area contributed by atoms with Crippen molar-refractivity contribution in [3.05, 3.63) is 70.9 Å². The van der Waals surface area contributed by atoms with Crippen molar-refractivity contribution in [2.45, 2.75) is 52.4 Å². The highest BCUT2D eigenvalue weighted by atomic mass is 19.1. The molecule has 2 amide bonds. The molecule has 0 radical (unpaired) electrons. The Morgan fingerprint density at radius 1 is 1.11 bits per heavy atom. The fourth-order valence-corrected chi connectivity index (χ4v) is 4.01. The number of ether oxygens (including phenoxy) is 1. The van der Waals surface area contributed by atoms with E-state index in [4.69, 9.17) is 9.26 Å². The largest absolute Gasteiger partial charge is 0.372 e. The zero-order valence-electron chi connectivity index (χ0n) is 20.1. The number of aryl methyl sites for hydroxylation is 2. The molecule has 2 aromatic carbocycles. The first-order valence-electron chi connectivity index (χ1n) is 11.7. The van der Waals surface area contributed by atoms with Gasteiger partial charge in [0.05, 0.1) is 12.2 Å². The molecule has 1 N–H and O–H groups in total. The normalized spacial score (nSPS) is 17.9. The van der Waals surface area contributed by atoms with Gasteiger partial charge < -0.3 is 19.5 Å². The first-order valence-corrected chi connectivity index (χ1v) is 11.7. The van der Waals surface area contributed by atoms with E-state index in [0.29, 0.717) is 42.2 Å². The van der Waals surface area contributed by atoms with Crippen LogP contribution in [0.4, 0.5) is 4.39 Å². The Morgan fingerprint density at radius 3 is 2.51 bits per heavy atom. The average molecular weight is 481 g/mol. The molecule has 8 nitrogen and oxygen atoms in total. The van der Waals surface area contributed by atoms with Crippen molar-refractivity contribution in [2.75, 3.05) is 13.1 Å². The van der Waals surface area contributed by atoms with Crippen molar-refractivity contribution in [3.8, 4) is 11.4 Å². The first-order chi connectivity index (χ1) is 16.8. The van der Waals surface area contributed by atoms with Crippen molar-refractivity contribution in [1.29, 1.82) is 0 Å². The van der Waals surface area contributed by atoms with Crippen LogP contribution in [-0.2, 0) is 22.5 Å². The summed E-state index contributed by atoms with van der Waals surface area (Å²) in [6.07, 6.45) is 0.480. The molecular weight excluding hydrogens is 451 g/mol. The molecule has 1 aliphatic heterocycles. The summed E-state index contributed by atoms with van der Waals surface area (Å²) in [7, 11) is 0. The lowest BCUT2D eigenvalue weighted by Gasteiger charge is -2.35. The molecule has 1 fully saturated rings. The number of hydrogen-bond donors (Lipinski definition) is 1. The molecule has 0 aliphatic carbocycles. The fourth-order valence-electron chi connectivity index (χ4n) is 4.01. The summed E-state index contributed by atoms with van der Waals surface area (Å²) < 4.78 is 24.6. The van der Waals surface area contributed by atoms with Gasteiger partial charge in [-0.15, -0.1) is 0 Å². The number of nitrogens with one attached hydrogen (secondary N) is 1. The minimum atomic E-state index is -0.337. The second-order valence-corrected chi connectivity index (χ2v) is 8.92. The lowest BCUT2D eigenvalue weighted by Crippen LogP contribution is -2.48. The highest BCUT2D eigenvalue weighted by molar-refractivity contribution is 5.94. The lowest BCUT2D eigenvalue weighted by atomic mass is 10.1. The van der Waals surface area contributed by atoms with E-state index in [9.17, 15) is 14.0 Å². The van der Waals surface area contributed by atoms with Crippen molar-refractivity contribution >= 4 is 11.8 Å². The smallest absolute Gasteiger partial charge is 0.254 e. The number of benzene rings is 2. The number of aromatic nitrogens is 2. The van der Waals surface area contributed by atoms with Gasteiger partial charge in [-0.05, 0) is 50.1 Å². The minimum absolute atomic E-state index is 0.0153. The van der Waals surface area contributed by atoms with Crippen molar-refractivity contribution in [1.82, 2.24) is 20.4 Å². The summed E-state index contributed by atoms with van der Waals surface area (Å²) in [6.45, 7) is 7.10. The van der Waals surface area contributed by atoms with E-state index in [1.54, 1.807) is 31.2 Å². The molecule has 4 rings (SSSR count). The van der Waals surface area contributed by atoms with E-state index in [2.05, 4.69) is 15.5 Å². The highest BCUT2D eigenvalue weighted by Crippen LogP contribution is 2.19. The van der Waals surface area contributed by atoms with E-state index in [1.165, 1.54) is 6.07 Å². The molecule has 1 saturated heterocycles. The average Bonchev–Trinajstić information content (AvgIpc) is 3.31. The van der Waals surface area contributed by atoms with Gasteiger partial charge in [0, 0.05) is 43.6 Å². The Kier molecular flexibility index (Phi) is 7.55. The maximum Gasteiger partial charge on any atom is 0.254 e. The monoisotopic (exact) mass is 480 g/mol. The lowest BCUT2D eigenvalue weighted by molar-refractivity contribution is -0.121. The van der Waals surface area contributed by atoms with Crippen LogP contribution in [0.2, 0.25) is 0 Å². The minimum Gasteiger partial charge on any atom is -0.372 e. The summed E-state index contributed by atoms with van der Waals surface area (Å²) in [5.74, 6) is 0.0778. The van der Waals surface area contributed by atoms with Gasteiger partial charge in [-0.2, -0.15) is 4.98 Å². The number of nitrogens with zero attached hydrogens (tertiary/aromatic N) is 3. The van der Waals surface area contributed by atoms with Crippen LogP contribution < -0.4 is 5.32 Å². The second kappa shape index (κ2) is 10.8. The topological polar surface area (TPSA) is 97.6 Å². The molecule has 1 aliphatic rings.